The van der Waals surface area contributed by atoms with E-state index in [2.05, 4.69) is 9.44 Å². The number of carbonyl (C=O) groups is 2. The number of aliphatic carboxylic acids is 1. The van der Waals surface area contributed by atoms with Gasteiger partial charge in [0.2, 0.25) is 20.0 Å². The second-order valence-corrected chi connectivity index (χ2v) is 27.0. The van der Waals surface area contributed by atoms with Gasteiger partial charge in [-0.15, -0.1) is 5.76 Å². The third-order valence-corrected chi connectivity index (χ3v) is 17.7. The summed E-state index contributed by atoms with van der Waals surface area (Å²) in [4.78, 5) is 26.8. The maximum atomic E-state index is 13.7. The molecule has 0 radical (unpaired) electrons. The van der Waals surface area contributed by atoms with Crippen LogP contribution in [0.1, 0.15) is 44.6 Å². The molecule has 4 N–H and O–H groups in total. The fourth-order valence-corrected chi connectivity index (χ4v) is 11.6. The predicted molar refractivity (Wildman–Crippen MR) is 357 cm³/mol. The van der Waals surface area contributed by atoms with Gasteiger partial charge in [0.1, 0.15) is 19.8 Å². The monoisotopic (exact) mass is 1450 g/mol. The summed E-state index contributed by atoms with van der Waals surface area (Å²) in [6, 6.07) is 6.50. The number of nitrogens with zero attached hydrogens (tertiary/aromatic N) is 2. The van der Waals surface area contributed by atoms with Crippen molar-refractivity contribution in [2.75, 3.05) is 267 Å². The summed E-state index contributed by atoms with van der Waals surface area (Å²) in [6.07, 6.45) is 7.46. The Bertz CT molecular complexity index is 2690. The number of carboxylic acid groups (broad SMARTS) is 1. The summed E-state index contributed by atoms with van der Waals surface area (Å²) in [5.41, 5.74) is 1.62. The minimum atomic E-state index is -4.28. The third-order valence-electron chi connectivity index (χ3n) is 14.1. The molecule has 1 aromatic carbocycles. The van der Waals surface area contributed by atoms with Crippen molar-refractivity contribution in [3.63, 3.8) is 0 Å². The van der Waals surface area contributed by atoms with Crippen LogP contribution in [0.3, 0.4) is 0 Å². The molecule has 0 aromatic heterocycles. The Balaban J connectivity index is 1.33. The van der Waals surface area contributed by atoms with Crippen LogP contribution < -0.4 is 19.5 Å². The number of ether oxygens (including phenoxy) is 16. The van der Waals surface area contributed by atoms with E-state index in [0.717, 1.165) is 0 Å². The lowest BCUT2D eigenvalue weighted by Gasteiger charge is -2.40. The standard InChI is InChI=1S/C63H108N4O27S3/c1-3-80-25-26-83-31-32-86-37-38-89-43-44-91-45-46-92-47-48-93-49-50-94-54-65-96(74,75)52-6-19-66(18-4-8-59(68)69)57-13-9-55(10-14-57)60-62(70)61(63(60)71)56-11-15-58(16-12-56)67(21-7-53-97(76,77)78)20-5-51-95(72,73)64-17-22-81-27-28-84-33-34-87-39-40-90-42-41-88-36-35-85-30-29-82-24-23-79-2/h9-16,55,60,64-65H,3-8,17-54H2,1-2H3,(H2-,68,69,70,71,76,77,78). The van der Waals surface area contributed by atoms with Crippen LogP contribution in [0.2, 0.25) is 0 Å². The van der Waals surface area contributed by atoms with E-state index >= 15 is 0 Å². The van der Waals surface area contributed by atoms with Crippen LogP contribution in [0.15, 0.2) is 54.3 Å². The molecule has 1 aromatic rings. The molecule has 31 nitrogen and oxygen atoms in total. The summed E-state index contributed by atoms with van der Waals surface area (Å²) in [7, 11) is -10.1. The van der Waals surface area contributed by atoms with Gasteiger partial charge in [-0.05, 0) is 37.5 Å². The van der Waals surface area contributed by atoms with Crippen LogP contribution in [0.4, 0.5) is 5.69 Å². The Morgan fingerprint density at radius 2 is 0.897 bits per heavy atom. The highest BCUT2D eigenvalue weighted by molar-refractivity contribution is 7.89. The van der Waals surface area contributed by atoms with Crippen LogP contribution in [-0.4, -0.2) is 319 Å². The lowest BCUT2D eigenvalue weighted by atomic mass is 9.71. The van der Waals surface area contributed by atoms with Gasteiger partial charge in [0.05, 0.1) is 215 Å². The number of hydrogen-bond donors (Lipinski definition) is 4. The molecule has 0 heterocycles. The zero-order chi connectivity index (χ0) is 70.3. The molecular formula is C63H108N4O27S3. The molecule has 1 atom stereocenters. The summed E-state index contributed by atoms with van der Waals surface area (Å²) < 4.78 is 177. The van der Waals surface area contributed by atoms with Gasteiger partial charge in [0.25, 0.3) is 10.1 Å². The molecular weight excluding hydrogens is 1340 g/mol. The Kier molecular flexibility index (Phi) is 50.0. The first kappa shape index (κ1) is 87.2. The molecule has 0 spiro atoms. The van der Waals surface area contributed by atoms with E-state index in [1.807, 2.05) is 11.5 Å². The van der Waals surface area contributed by atoms with Gasteiger partial charge >= 0.3 is 5.97 Å². The lowest BCUT2D eigenvalue weighted by molar-refractivity contribution is -0.526. The number of allylic oxidation sites excluding steroid dienone is 6. The molecule has 1 unspecified atom stereocenters. The van der Waals surface area contributed by atoms with Gasteiger partial charge in [-0.2, -0.15) is 13.1 Å². The summed E-state index contributed by atoms with van der Waals surface area (Å²) in [5, 5.41) is 23.0. The van der Waals surface area contributed by atoms with E-state index < -0.39 is 53.7 Å². The number of benzene rings is 1. The first-order valence-corrected chi connectivity index (χ1v) is 37.9. The van der Waals surface area contributed by atoms with E-state index in [9.17, 15) is 49.6 Å². The van der Waals surface area contributed by atoms with Crippen LogP contribution >= 0.6 is 0 Å². The molecule has 2 aliphatic rings. The highest BCUT2D eigenvalue weighted by Crippen LogP contribution is 2.41. The van der Waals surface area contributed by atoms with Gasteiger partial charge in [0, 0.05) is 81.4 Å². The van der Waals surface area contributed by atoms with Gasteiger partial charge in [-0.25, -0.2) is 26.1 Å². The predicted octanol–water partition coefficient (Wildman–Crippen LogP) is 0.593. The number of Topliss-reactive ketones (excluding diaryl/α,β-unsaturated/α-hetero) is 1. The third kappa shape index (κ3) is 44.7. The molecule has 3 rings (SSSR count). The Morgan fingerprint density at radius 3 is 1.31 bits per heavy atom. The Labute approximate surface area is 573 Å². The number of rotatable bonds is 69. The highest BCUT2D eigenvalue weighted by atomic mass is 32.2. The molecule has 560 valence electrons. The van der Waals surface area contributed by atoms with E-state index in [1.165, 1.54) is 0 Å². The minimum Gasteiger partial charge on any atom is -0.874 e. The molecule has 97 heavy (non-hydrogen) atoms. The van der Waals surface area contributed by atoms with Crippen molar-refractivity contribution in [3.05, 3.63) is 59.9 Å². The van der Waals surface area contributed by atoms with E-state index in [4.69, 9.17) is 75.8 Å². The number of anilines is 1. The van der Waals surface area contributed by atoms with E-state index in [1.54, 1.807) is 60.6 Å². The highest BCUT2D eigenvalue weighted by Gasteiger charge is 2.38. The fourth-order valence-electron chi connectivity index (χ4n) is 9.17. The smallest absolute Gasteiger partial charge is 0.303 e. The SMILES string of the molecule is CCOCCOCCOCCOCCOCCOCCOCCOCNS(=O)(=O)CCC[N+](CCCC(=O)O)=C1C=CC(C2C(=O)C(c3ccc(N(CCCS(=O)(=O)O)CCCS(=O)(=O)NCCOCCOCCOCCOCCOCCOCCOCCOC)cc3)=C2[O-])C=C1. The van der Waals surface area contributed by atoms with Crippen molar-refractivity contribution >= 4 is 58.9 Å². The summed E-state index contributed by atoms with van der Waals surface area (Å²) in [6.45, 7) is 15.0. The molecule has 0 aliphatic heterocycles. The maximum absolute atomic E-state index is 13.7. The summed E-state index contributed by atoms with van der Waals surface area (Å²) >= 11 is 0. The first-order valence-electron chi connectivity index (χ1n) is 33.0. The van der Waals surface area contributed by atoms with Crippen molar-refractivity contribution in [2.24, 2.45) is 11.8 Å². The average molecular weight is 1450 g/mol. The zero-order valence-corrected chi connectivity index (χ0v) is 59.1. The van der Waals surface area contributed by atoms with Gasteiger partial charge in [-0.1, -0.05) is 24.3 Å². The van der Waals surface area contributed by atoms with Crippen molar-refractivity contribution < 1.29 is 130 Å². The normalized spacial score (nSPS) is 15.1. The van der Waals surface area contributed by atoms with E-state index in [0.29, 0.717) is 189 Å². The molecule has 0 amide bonds. The van der Waals surface area contributed by atoms with Crippen LogP contribution in [0.5, 0.6) is 0 Å². The minimum absolute atomic E-state index is 0.0172. The number of hydrogen-bond acceptors (Lipinski definition) is 26. The number of carbonyl (C=O) groups excluding carboxylic acids is 1. The summed E-state index contributed by atoms with van der Waals surface area (Å²) in [5.74, 6) is -4.28. The quantitative estimate of drug-likeness (QED) is 0.0300. The fraction of sp³-hybridized carbons (Fsp3) is 0.762. The maximum Gasteiger partial charge on any atom is 0.303 e. The number of sulfonamides is 2. The number of carboxylic acids is 1. The number of ketones is 1. The Hall–Kier alpha value is -4.06. The van der Waals surface area contributed by atoms with Crippen LogP contribution in [-0.2, 0) is 116 Å². The van der Waals surface area contributed by atoms with Gasteiger partial charge in [-0.3, -0.25) is 14.1 Å². The van der Waals surface area contributed by atoms with Gasteiger partial charge in [0.15, 0.2) is 11.5 Å². The van der Waals surface area contributed by atoms with Crippen molar-refractivity contribution in [2.45, 2.75) is 39.0 Å². The molecule has 0 saturated heterocycles. The second-order valence-electron chi connectivity index (χ2n) is 21.5. The van der Waals surface area contributed by atoms with Crippen LogP contribution in [0, 0.1) is 11.8 Å². The number of methoxy groups -OCH3 is 1. The largest absolute Gasteiger partial charge is 0.874 e. The lowest BCUT2D eigenvalue weighted by Crippen LogP contribution is -2.41. The second kappa shape index (κ2) is 55.6. The number of nitrogens with one attached hydrogen (secondary N) is 2. The molecule has 2 aliphatic carbocycles. The van der Waals surface area contributed by atoms with Crippen LogP contribution in [0.25, 0.3) is 5.57 Å². The van der Waals surface area contributed by atoms with Crippen molar-refractivity contribution in [1.29, 1.82) is 0 Å². The topological polar surface area (TPSA) is 378 Å². The zero-order valence-electron chi connectivity index (χ0n) is 56.6. The molecule has 34 heteroatoms. The average Bonchev–Trinajstić information content (AvgIpc) is 0.750. The van der Waals surface area contributed by atoms with E-state index in [-0.39, 0.29) is 127 Å². The molecule has 0 fully saturated rings. The van der Waals surface area contributed by atoms with Gasteiger partial charge < -0.3 is 90.9 Å². The Morgan fingerprint density at radius 1 is 0.515 bits per heavy atom. The first-order chi connectivity index (χ1) is 47.0. The molecule has 0 bridgehead atoms. The van der Waals surface area contributed by atoms with Crippen molar-refractivity contribution in [3.8, 4) is 0 Å². The molecule has 0 saturated carbocycles. The van der Waals surface area contributed by atoms with Crippen molar-refractivity contribution in [1.82, 2.24) is 9.44 Å².